The van der Waals surface area contributed by atoms with Gasteiger partial charge in [0, 0.05) is 48.8 Å². The Hall–Kier alpha value is -4.47. The van der Waals surface area contributed by atoms with Crippen molar-refractivity contribution in [3.63, 3.8) is 0 Å². The maximum absolute atomic E-state index is 12.3. The minimum Gasteiger partial charge on any atom is -0.372 e. The molecule has 2 aromatic heterocycles. The van der Waals surface area contributed by atoms with Gasteiger partial charge in [-0.3, -0.25) is 0 Å². The normalized spacial score (nSPS) is 12.0. The molecule has 0 aliphatic carbocycles. The third-order valence-corrected chi connectivity index (χ3v) is 7.60. The molecule has 0 radical (unpaired) electrons. The van der Waals surface area contributed by atoms with Crippen LogP contribution < -0.4 is 18.9 Å². The molecule has 2 heterocycles. The van der Waals surface area contributed by atoms with Crippen molar-refractivity contribution in [2.75, 3.05) is 50.2 Å². The van der Waals surface area contributed by atoms with Crippen LogP contribution in [0.15, 0.2) is 93.8 Å². The Balaban J connectivity index is 1.18. The van der Waals surface area contributed by atoms with E-state index in [0.29, 0.717) is 24.5 Å². The van der Waals surface area contributed by atoms with Gasteiger partial charge in [0.15, 0.2) is 0 Å². The van der Waals surface area contributed by atoms with Gasteiger partial charge in [0.05, 0.1) is 66.2 Å². The molecule has 0 bridgehead atoms. The van der Waals surface area contributed by atoms with Crippen LogP contribution in [0.3, 0.4) is 0 Å². The molecule has 4 rings (SSSR count). The fourth-order valence-corrected chi connectivity index (χ4v) is 4.67. The van der Waals surface area contributed by atoms with Crippen molar-refractivity contribution in [3.8, 4) is 0 Å². The van der Waals surface area contributed by atoms with Gasteiger partial charge in [-0.15, -0.1) is 0 Å². The first kappa shape index (κ1) is 31.5. The number of imidazole rings is 2. The number of aryl methyl sites for hydroxylation is 4. The number of benzene rings is 2. The molecule has 0 aliphatic rings. The van der Waals surface area contributed by atoms with Gasteiger partial charge in [-0.2, -0.15) is 8.42 Å². The quantitative estimate of drug-likeness (QED) is 0.158. The molecule has 0 N–H and O–H groups in total. The van der Waals surface area contributed by atoms with Crippen molar-refractivity contribution in [1.29, 1.82) is 0 Å². The fourth-order valence-electron chi connectivity index (χ4n) is 4.04. The predicted octanol–water partition coefficient (Wildman–Crippen LogP) is 3.69. The number of hydrogen-bond donors (Lipinski definition) is 0. The number of hydrogen-bond acceptors (Lipinski definition) is 10. The van der Waals surface area contributed by atoms with Crippen molar-refractivity contribution >= 4 is 45.0 Å². The van der Waals surface area contributed by atoms with Gasteiger partial charge in [-0.05, 0) is 48.5 Å². The van der Waals surface area contributed by atoms with Crippen molar-refractivity contribution in [2.24, 2.45) is 48.6 Å². The lowest BCUT2D eigenvalue weighted by atomic mass is 10.2. The SMILES string of the molecule is CN(CCOS(=O)(=O)OCCN(C)c1ccc(/N=N/c2n(C)cc[n+]2C)cc1)c1ccc(/N=N/c2n(C)cc[n+]2C)cc1. The molecule has 14 nitrogen and oxygen atoms in total. The number of likely N-dealkylation sites (N-methyl/N-ethyl adjacent to an activating group) is 2. The Morgan fingerprint density at radius 3 is 1.37 bits per heavy atom. The minimum atomic E-state index is -4.14. The third-order valence-electron chi connectivity index (χ3n) is 6.69. The van der Waals surface area contributed by atoms with Crippen LogP contribution in [0, 0.1) is 0 Å². The van der Waals surface area contributed by atoms with Gasteiger partial charge in [-0.25, -0.2) is 26.6 Å². The summed E-state index contributed by atoms with van der Waals surface area (Å²) in [4.78, 5) is 3.76. The van der Waals surface area contributed by atoms with Crippen LogP contribution in [-0.4, -0.2) is 58.0 Å². The lowest BCUT2D eigenvalue weighted by Crippen LogP contribution is -2.27. The molecule has 0 aliphatic heterocycles. The van der Waals surface area contributed by atoms with Crippen LogP contribution in [0.4, 0.5) is 34.6 Å². The molecule has 2 aromatic carbocycles. The molecule has 228 valence electrons. The Morgan fingerprint density at radius 2 is 1.05 bits per heavy atom. The highest BCUT2D eigenvalue weighted by Crippen LogP contribution is 2.22. The summed E-state index contributed by atoms with van der Waals surface area (Å²) in [6.07, 6.45) is 7.61. The minimum absolute atomic E-state index is 0.0586. The lowest BCUT2D eigenvalue weighted by molar-refractivity contribution is -0.657. The second-order valence-electron chi connectivity index (χ2n) is 9.97. The molecule has 0 saturated carbocycles. The predicted molar refractivity (Wildman–Crippen MR) is 162 cm³/mol. The molecule has 0 amide bonds. The van der Waals surface area contributed by atoms with E-state index in [9.17, 15) is 8.42 Å². The smallest absolute Gasteiger partial charge is 0.372 e. The number of nitrogens with zero attached hydrogens (tertiary/aromatic N) is 10. The molecular weight excluding hydrogens is 572 g/mol. The van der Waals surface area contributed by atoms with Crippen molar-refractivity contribution in [3.05, 3.63) is 73.3 Å². The largest absolute Gasteiger partial charge is 0.421 e. The van der Waals surface area contributed by atoms with E-state index in [1.165, 1.54) is 0 Å². The van der Waals surface area contributed by atoms with Gasteiger partial charge in [-0.1, -0.05) is 10.2 Å². The van der Waals surface area contributed by atoms with Crippen LogP contribution in [0.5, 0.6) is 0 Å². The van der Waals surface area contributed by atoms with Gasteiger partial charge >= 0.3 is 22.3 Å². The molecule has 0 spiro atoms. The van der Waals surface area contributed by atoms with Crippen LogP contribution in [0.2, 0.25) is 0 Å². The number of aromatic nitrogens is 4. The van der Waals surface area contributed by atoms with Gasteiger partial charge in [0.25, 0.3) is 0 Å². The van der Waals surface area contributed by atoms with Crippen LogP contribution >= 0.6 is 0 Å². The van der Waals surface area contributed by atoms with E-state index in [1.807, 2.05) is 144 Å². The zero-order valence-electron chi connectivity index (χ0n) is 25.3. The van der Waals surface area contributed by atoms with Crippen molar-refractivity contribution in [1.82, 2.24) is 9.13 Å². The highest BCUT2D eigenvalue weighted by atomic mass is 32.3. The average Bonchev–Trinajstić information content (AvgIpc) is 3.49. The fraction of sp³-hybridized carbons (Fsp3) is 0.357. The van der Waals surface area contributed by atoms with E-state index in [4.69, 9.17) is 8.37 Å². The molecule has 0 atom stereocenters. The Labute approximate surface area is 252 Å². The number of azo groups is 2. The summed E-state index contributed by atoms with van der Waals surface area (Å²) in [5.41, 5.74) is 3.17. The zero-order chi connectivity index (χ0) is 31.0. The van der Waals surface area contributed by atoms with Crippen molar-refractivity contribution in [2.45, 2.75) is 0 Å². The monoisotopic (exact) mass is 610 g/mol. The summed E-state index contributed by atoms with van der Waals surface area (Å²) in [7, 11) is 7.17. The maximum atomic E-state index is 12.3. The van der Waals surface area contributed by atoms with Crippen LogP contribution in [0.1, 0.15) is 0 Å². The van der Waals surface area contributed by atoms with E-state index in [-0.39, 0.29) is 13.2 Å². The molecule has 0 fully saturated rings. The zero-order valence-corrected chi connectivity index (χ0v) is 26.1. The molecule has 15 heteroatoms. The Morgan fingerprint density at radius 1 is 0.674 bits per heavy atom. The second kappa shape index (κ2) is 14.1. The standard InChI is InChI=1S/C28H38N10O4S/c1-33(25-11-7-23(8-12-25)29-31-27-35(3)15-16-36(27)4)19-21-41-43(39,40)42-22-20-34(2)26-13-9-24(10-14-26)30-32-28-37(5)17-18-38(28)6/h7-18H,19-22H2,1-6H3/q+2. The summed E-state index contributed by atoms with van der Waals surface area (Å²) in [6, 6.07) is 14.9. The van der Waals surface area contributed by atoms with Crippen molar-refractivity contribution < 1.29 is 25.9 Å². The lowest BCUT2D eigenvalue weighted by Gasteiger charge is -2.20. The van der Waals surface area contributed by atoms with Crippen LogP contribution in [-0.2, 0) is 47.0 Å². The summed E-state index contributed by atoms with van der Waals surface area (Å²) >= 11 is 0. The average molecular weight is 611 g/mol. The van der Waals surface area contributed by atoms with Gasteiger partial charge in [0.2, 0.25) is 0 Å². The van der Waals surface area contributed by atoms with E-state index in [1.54, 1.807) is 0 Å². The van der Waals surface area contributed by atoms with E-state index >= 15 is 0 Å². The van der Waals surface area contributed by atoms with Gasteiger partial charge < -0.3 is 9.80 Å². The first-order valence-corrected chi connectivity index (χ1v) is 14.9. The number of rotatable bonds is 14. The van der Waals surface area contributed by atoms with E-state index in [2.05, 4.69) is 20.5 Å². The van der Waals surface area contributed by atoms with E-state index in [0.717, 1.165) is 23.3 Å². The van der Waals surface area contributed by atoms with Crippen LogP contribution in [0.25, 0.3) is 0 Å². The summed E-state index contributed by atoms with van der Waals surface area (Å²) in [6.45, 7) is 0.566. The summed E-state index contributed by atoms with van der Waals surface area (Å²) in [5, 5.41) is 17.1. The first-order valence-electron chi connectivity index (χ1n) is 13.5. The molecule has 0 saturated heterocycles. The molecule has 43 heavy (non-hydrogen) atoms. The molecular formula is C28H38N10O4S+2. The second-order valence-corrected chi connectivity index (χ2v) is 11.3. The summed E-state index contributed by atoms with van der Waals surface area (Å²) < 4.78 is 42.1. The molecule has 0 unspecified atom stereocenters. The number of anilines is 2. The topological polar surface area (TPSA) is 126 Å². The molecule has 4 aromatic rings. The third kappa shape index (κ3) is 8.76. The highest BCUT2D eigenvalue weighted by molar-refractivity contribution is 7.81. The van der Waals surface area contributed by atoms with Gasteiger partial charge in [0.1, 0.15) is 11.4 Å². The summed E-state index contributed by atoms with van der Waals surface area (Å²) in [5.74, 6) is 1.44. The maximum Gasteiger partial charge on any atom is 0.421 e. The van der Waals surface area contributed by atoms with E-state index < -0.39 is 10.4 Å². The highest BCUT2D eigenvalue weighted by Gasteiger charge is 2.15. The Kier molecular flexibility index (Phi) is 10.3. The Bertz CT molecular complexity index is 1510. The first-order chi connectivity index (χ1) is 20.5.